The SMILES string of the molecule is COCc1ccc(C(=O)N[C@H](C#N)C(C)(C)C)o1. The molecular weight excluding hydrogens is 232 g/mol. The van der Waals surface area contributed by atoms with Gasteiger partial charge < -0.3 is 14.5 Å². The monoisotopic (exact) mass is 250 g/mol. The summed E-state index contributed by atoms with van der Waals surface area (Å²) in [6.45, 7) is 5.98. The second-order valence-electron chi connectivity index (χ2n) is 5.10. The van der Waals surface area contributed by atoms with E-state index in [1.54, 1.807) is 19.2 Å². The summed E-state index contributed by atoms with van der Waals surface area (Å²) in [5, 5.41) is 11.7. The summed E-state index contributed by atoms with van der Waals surface area (Å²) in [4.78, 5) is 11.9. The van der Waals surface area contributed by atoms with Crippen LogP contribution >= 0.6 is 0 Å². The van der Waals surface area contributed by atoms with Crippen molar-refractivity contribution in [3.8, 4) is 6.07 Å². The molecule has 0 aliphatic heterocycles. The van der Waals surface area contributed by atoms with Gasteiger partial charge >= 0.3 is 0 Å². The van der Waals surface area contributed by atoms with Crippen molar-refractivity contribution < 1.29 is 13.9 Å². The lowest BCUT2D eigenvalue weighted by molar-refractivity contribution is 0.0885. The topological polar surface area (TPSA) is 75.3 Å². The number of nitrogens with one attached hydrogen (secondary N) is 1. The van der Waals surface area contributed by atoms with Crippen molar-refractivity contribution in [2.75, 3.05) is 7.11 Å². The van der Waals surface area contributed by atoms with Crippen LogP contribution in [-0.4, -0.2) is 19.1 Å². The summed E-state index contributed by atoms with van der Waals surface area (Å²) >= 11 is 0. The van der Waals surface area contributed by atoms with E-state index in [1.165, 1.54) is 0 Å². The van der Waals surface area contributed by atoms with Gasteiger partial charge in [-0.2, -0.15) is 5.26 Å². The van der Waals surface area contributed by atoms with Gasteiger partial charge in [-0.1, -0.05) is 20.8 Å². The van der Waals surface area contributed by atoms with E-state index in [-0.39, 0.29) is 17.1 Å². The van der Waals surface area contributed by atoms with Crippen LogP contribution < -0.4 is 5.32 Å². The van der Waals surface area contributed by atoms with E-state index in [4.69, 9.17) is 14.4 Å². The maximum atomic E-state index is 11.9. The molecule has 0 spiro atoms. The maximum absolute atomic E-state index is 11.9. The lowest BCUT2D eigenvalue weighted by Crippen LogP contribution is -2.42. The third-order valence-corrected chi connectivity index (χ3v) is 2.44. The van der Waals surface area contributed by atoms with Crippen LogP contribution in [0.25, 0.3) is 0 Å². The van der Waals surface area contributed by atoms with Crippen LogP contribution in [0, 0.1) is 16.7 Å². The van der Waals surface area contributed by atoms with Crippen LogP contribution in [0.15, 0.2) is 16.5 Å². The molecule has 0 radical (unpaired) electrons. The van der Waals surface area contributed by atoms with Crippen molar-refractivity contribution in [2.24, 2.45) is 5.41 Å². The Labute approximate surface area is 107 Å². The second kappa shape index (κ2) is 5.69. The van der Waals surface area contributed by atoms with Crippen molar-refractivity contribution in [3.05, 3.63) is 23.7 Å². The number of nitrogens with zero attached hydrogens (tertiary/aromatic N) is 1. The van der Waals surface area contributed by atoms with E-state index < -0.39 is 6.04 Å². The number of hydrogen-bond acceptors (Lipinski definition) is 4. The van der Waals surface area contributed by atoms with Gasteiger partial charge in [-0.25, -0.2) is 0 Å². The van der Waals surface area contributed by atoms with Gasteiger partial charge in [0.15, 0.2) is 5.76 Å². The highest BCUT2D eigenvalue weighted by Gasteiger charge is 2.27. The first kappa shape index (κ1) is 14.3. The molecule has 1 aromatic rings. The smallest absolute Gasteiger partial charge is 0.288 e. The van der Waals surface area contributed by atoms with Crippen LogP contribution in [-0.2, 0) is 11.3 Å². The molecule has 0 saturated carbocycles. The van der Waals surface area contributed by atoms with E-state index >= 15 is 0 Å². The number of rotatable bonds is 4. The predicted octanol–water partition coefficient (Wildman–Crippen LogP) is 2.09. The lowest BCUT2D eigenvalue weighted by atomic mass is 9.87. The van der Waals surface area contributed by atoms with Crippen molar-refractivity contribution >= 4 is 5.91 Å². The molecule has 1 aromatic heterocycles. The van der Waals surface area contributed by atoms with Gasteiger partial charge in [-0.05, 0) is 17.5 Å². The van der Waals surface area contributed by atoms with Gasteiger partial charge in [-0.3, -0.25) is 4.79 Å². The van der Waals surface area contributed by atoms with Gasteiger partial charge in [0.25, 0.3) is 5.91 Å². The molecule has 1 N–H and O–H groups in total. The largest absolute Gasteiger partial charge is 0.453 e. The number of furan rings is 1. The zero-order chi connectivity index (χ0) is 13.8. The minimum atomic E-state index is -0.569. The highest BCUT2D eigenvalue weighted by molar-refractivity contribution is 5.91. The van der Waals surface area contributed by atoms with E-state index in [2.05, 4.69) is 11.4 Å². The summed E-state index contributed by atoms with van der Waals surface area (Å²) in [5.74, 6) is 0.372. The number of methoxy groups -OCH3 is 1. The van der Waals surface area contributed by atoms with E-state index in [0.29, 0.717) is 12.4 Å². The van der Waals surface area contributed by atoms with E-state index in [0.717, 1.165) is 0 Å². The van der Waals surface area contributed by atoms with Gasteiger partial charge in [0, 0.05) is 7.11 Å². The third-order valence-electron chi connectivity index (χ3n) is 2.44. The molecule has 0 fully saturated rings. The number of carbonyl (C=O) groups is 1. The third kappa shape index (κ3) is 3.60. The maximum Gasteiger partial charge on any atom is 0.288 e. The predicted molar refractivity (Wildman–Crippen MR) is 65.7 cm³/mol. The Balaban J connectivity index is 2.73. The first-order valence-corrected chi connectivity index (χ1v) is 5.66. The van der Waals surface area contributed by atoms with Crippen molar-refractivity contribution in [3.63, 3.8) is 0 Å². The number of carbonyl (C=O) groups excluding carboxylic acids is 1. The standard InChI is InChI=1S/C13H18N2O3/c1-13(2,3)11(7-14)15-12(16)10-6-5-9(18-10)8-17-4/h5-6,11H,8H2,1-4H3,(H,15,16)/t11-/m1/s1. The molecule has 0 unspecified atom stereocenters. The average Bonchev–Trinajstić information content (AvgIpc) is 2.73. The Morgan fingerprint density at radius 3 is 2.72 bits per heavy atom. The molecule has 0 bridgehead atoms. The van der Waals surface area contributed by atoms with Crippen LogP contribution in [0.2, 0.25) is 0 Å². The van der Waals surface area contributed by atoms with E-state index in [9.17, 15) is 4.79 Å². The van der Waals surface area contributed by atoms with Crippen molar-refractivity contribution in [1.29, 1.82) is 5.26 Å². The number of hydrogen-bond donors (Lipinski definition) is 1. The highest BCUT2D eigenvalue weighted by Crippen LogP contribution is 2.19. The van der Waals surface area contributed by atoms with Crippen LogP contribution in [0.3, 0.4) is 0 Å². The molecule has 5 heteroatoms. The summed E-state index contributed by atoms with van der Waals surface area (Å²) in [6.07, 6.45) is 0. The van der Waals surface area contributed by atoms with Crippen molar-refractivity contribution in [1.82, 2.24) is 5.32 Å². The second-order valence-corrected chi connectivity index (χ2v) is 5.10. The van der Waals surface area contributed by atoms with Gasteiger partial charge in [0.1, 0.15) is 18.4 Å². The Kier molecular flexibility index (Phi) is 4.51. The van der Waals surface area contributed by atoms with Gasteiger partial charge in [0.2, 0.25) is 0 Å². The van der Waals surface area contributed by atoms with E-state index in [1.807, 2.05) is 20.8 Å². The molecule has 0 aliphatic carbocycles. The summed E-state index contributed by atoms with van der Waals surface area (Å²) in [7, 11) is 1.55. The fourth-order valence-electron chi connectivity index (χ4n) is 1.36. The zero-order valence-electron chi connectivity index (χ0n) is 11.1. The summed E-state index contributed by atoms with van der Waals surface area (Å²) in [5.41, 5.74) is -0.327. The Hall–Kier alpha value is -1.80. The fraction of sp³-hybridized carbons (Fsp3) is 0.538. The number of nitriles is 1. The molecule has 1 rings (SSSR count). The van der Waals surface area contributed by atoms with Crippen LogP contribution in [0.5, 0.6) is 0 Å². The molecule has 0 aliphatic rings. The normalized spacial score (nSPS) is 12.8. The lowest BCUT2D eigenvalue weighted by Gasteiger charge is -2.24. The van der Waals surface area contributed by atoms with Gasteiger partial charge in [0.05, 0.1) is 6.07 Å². The van der Waals surface area contributed by atoms with Gasteiger partial charge in [-0.15, -0.1) is 0 Å². The molecule has 5 nitrogen and oxygen atoms in total. The number of amides is 1. The molecule has 0 saturated heterocycles. The fourth-order valence-corrected chi connectivity index (χ4v) is 1.36. The quantitative estimate of drug-likeness (QED) is 0.887. The molecule has 0 aromatic carbocycles. The highest BCUT2D eigenvalue weighted by atomic mass is 16.5. The molecule has 1 atom stereocenters. The molecular formula is C13H18N2O3. The molecule has 1 heterocycles. The summed E-state index contributed by atoms with van der Waals surface area (Å²) in [6, 6.07) is 4.76. The van der Waals surface area contributed by atoms with Crippen molar-refractivity contribution in [2.45, 2.75) is 33.4 Å². The molecule has 1 amide bonds. The first-order valence-electron chi connectivity index (χ1n) is 5.66. The molecule has 98 valence electrons. The van der Waals surface area contributed by atoms with Crippen LogP contribution in [0.1, 0.15) is 37.1 Å². The average molecular weight is 250 g/mol. The minimum absolute atomic E-state index is 0.187. The first-order chi connectivity index (χ1) is 8.38. The molecule has 18 heavy (non-hydrogen) atoms. The Bertz CT molecular complexity index is 452. The minimum Gasteiger partial charge on any atom is -0.453 e. The Morgan fingerprint density at radius 1 is 1.56 bits per heavy atom. The summed E-state index contributed by atoms with van der Waals surface area (Å²) < 4.78 is 10.2. The number of ether oxygens (including phenoxy) is 1. The van der Waals surface area contributed by atoms with Crippen LogP contribution in [0.4, 0.5) is 0 Å². The zero-order valence-corrected chi connectivity index (χ0v) is 11.1. The Morgan fingerprint density at radius 2 is 2.22 bits per heavy atom.